The molecule has 1 aliphatic carbocycles. The molecule has 1 heterocycles. The fraction of sp³-hybridized carbons (Fsp3) is 0.769. The van der Waals surface area contributed by atoms with Crippen LogP contribution in [0.5, 0.6) is 0 Å². The Morgan fingerprint density at radius 1 is 1.41 bits per heavy atom. The molecule has 1 saturated carbocycles. The van der Waals surface area contributed by atoms with Gasteiger partial charge in [-0.2, -0.15) is 11.8 Å². The number of nitrogens with one attached hydrogen (secondary N) is 1. The first-order chi connectivity index (χ1) is 8.31. The maximum atomic E-state index is 4.60. The van der Waals surface area contributed by atoms with Gasteiger partial charge in [0.05, 0.1) is 10.7 Å². The van der Waals surface area contributed by atoms with Crippen molar-refractivity contribution in [2.45, 2.75) is 56.9 Å². The molecule has 0 saturated heterocycles. The van der Waals surface area contributed by atoms with Gasteiger partial charge in [0, 0.05) is 23.2 Å². The van der Waals surface area contributed by atoms with Gasteiger partial charge >= 0.3 is 0 Å². The van der Waals surface area contributed by atoms with E-state index in [4.69, 9.17) is 0 Å². The van der Waals surface area contributed by atoms with Crippen molar-refractivity contribution in [1.82, 2.24) is 10.3 Å². The molecule has 17 heavy (non-hydrogen) atoms. The van der Waals surface area contributed by atoms with Crippen LogP contribution >= 0.6 is 23.1 Å². The van der Waals surface area contributed by atoms with Crippen molar-refractivity contribution in [2.75, 3.05) is 6.26 Å². The van der Waals surface area contributed by atoms with Gasteiger partial charge in [0.2, 0.25) is 0 Å². The molecule has 0 radical (unpaired) electrons. The first-order valence-electron chi connectivity index (χ1n) is 6.51. The van der Waals surface area contributed by atoms with Crippen LogP contribution < -0.4 is 5.32 Å². The molecule has 0 bridgehead atoms. The van der Waals surface area contributed by atoms with Gasteiger partial charge in [-0.1, -0.05) is 6.92 Å². The fourth-order valence-corrected chi connectivity index (χ4v) is 3.83. The lowest BCUT2D eigenvalue weighted by Crippen LogP contribution is -2.33. The predicted octanol–water partition coefficient (Wildman–Crippen LogP) is 3.47. The van der Waals surface area contributed by atoms with E-state index in [0.29, 0.717) is 6.04 Å². The Kier molecular flexibility index (Phi) is 5.32. The van der Waals surface area contributed by atoms with E-state index in [1.54, 1.807) is 11.3 Å². The van der Waals surface area contributed by atoms with E-state index < -0.39 is 0 Å². The van der Waals surface area contributed by atoms with Crippen LogP contribution in [0.3, 0.4) is 0 Å². The van der Waals surface area contributed by atoms with Crippen LogP contribution in [0.1, 0.15) is 43.3 Å². The number of aryl methyl sites for hydroxylation is 1. The van der Waals surface area contributed by atoms with Crippen LogP contribution in [-0.2, 0) is 13.0 Å². The van der Waals surface area contributed by atoms with Crippen LogP contribution in [0.2, 0.25) is 0 Å². The molecule has 4 heteroatoms. The van der Waals surface area contributed by atoms with Gasteiger partial charge in [-0.3, -0.25) is 0 Å². The highest BCUT2D eigenvalue weighted by Crippen LogP contribution is 2.27. The van der Waals surface area contributed by atoms with Gasteiger partial charge in [0.15, 0.2) is 0 Å². The molecule has 0 atom stereocenters. The van der Waals surface area contributed by atoms with E-state index in [-0.39, 0.29) is 0 Å². The highest BCUT2D eigenvalue weighted by molar-refractivity contribution is 7.99. The first-order valence-corrected chi connectivity index (χ1v) is 8.68. The number of thiazole rings is 1. The summed E-state index contributed by atoms with van der Waals surface area (Å²) < 4.78 is 0. The number of nitrogens with zero attached hydrogens (tertiary/aromatic N) is 1. The minimum Gasteiger partial charge on any atom is -0.308 e. The predicted molar refractivity (Wildman–Crippen MR) is 77.9 cm³/mol. The molecule has 0 unspecified atom stereocenters. The monoisotopic (exact) mass is 270 g/mol. The summed E-state index contributed by atoms with van der Waals surface area (Å²) in [5.74, 6) is 0. The third kappa shape index (κ3) is 3.97. The Bertz CT molecular complexity index is 330. The van der Waals surface area contributed by atoms with Gasteiger partial charge in [-0.15, -0.1) is 11.3 Å². The topological polar surface area (TPSA) is 24.9 Å². The van der Waals surface area contributed by atoms with E-state index in [9.17, 15) is 0 Å². The van der Waals surface area contributed by atoms with Crippen molar-refractivity contribution in [1.29, 1.82) is 0 Å². The van der Waals surface area contributed by atoms with Crippen molar-refractivity contribution < 1.29 is 0 Å². The summed E-state index contributed by atoms with van der Waals surface area (Å²) in [4.78, 5) is 4.60. The molecule has 96 valence electrons. The highest BCUT2D eigenvalue weighted by Gasteiger charge is 2.19. The van der Waals surface area contributed by atoms with Gasteiger partial charge in [0.25, 0.3) is 0 Å². The zero-order valence-electron chi connectivity index (χ0n) is 10.7. The highest BCUT2D eigenvalue weighted by atomic mass is 32.2. The lowest BCUT2D eigenvalue weighted by Gasteiger charge is -2.27. The Balaban J connectivity index is 1.72. The van der Waals surface area contributed by atoms with Gasteiger partial charge < -0.3 is 5.32 Å². The minimum atomic E-state index is 0.713. The van der Waals surface area contributed by atoms with Crippen molar-refractivity contribution >= 4 is 23.1 Å². The molecule has 1 aromatic heterocycles. The summed E-state index contributed by atoms with van der Waals surface area (Å²) in [6.45, 7) is 3.12. The Morgan fingerprint density at radius 3 is 2.76 bits per heavy atom. The van der Waals surface area contributed by atoms with Crippen LogP contribution in [0.4, 0.5) is 0 Å². The fourth-order valence-electron chi connectivity index (χ4n) is 2.34. The molecule has 0 aromatic carbocycles. The van der Waals surface area contributed by atoms with Gasteiger partial charge in [0.1, 0.15) is 0 Å². The van der Waals surface area contributed by atoms with Crippen LogP contribution in [0, 0.1) is 0 Å². The molecule has 1 aromatic rings. The third-order valence-electron chi connectivity index (χ3n) is 3.48. The summed E-state index contributed by atoms with van der Waals surface area (Å²) in [6.07, 6.45) is 8.70. The lowest BCUT2D eigenvalue weighted by molar-refractivity contribution is 0.377. The number of hydrogen-bond acceptors (Lipinski definition) is 4. The Labute approximate surface area is 113 Å². The average Bonchev–Trinajstić information content (AvgIpc) is 2.85. The lowest BCUT2D eigenvalue weighted by atomic mass is 9.95. The van der Waals surface area contributed by atoms with E-state index >= 15 is 0 Å². The number of rotatable bonds is 5. The zero-order valence-corrected chi connectivity index (χ0v) is 12.4. The number of hydrogen-bond donors (Lipinski definition) is 1. The molecular formula is C13H22N2S2. The third-order valence-corrected chi connectivity index (χ3v) is 5.66. The largest absolute Gasteiger partial charge is 0.308 e. The molecule has 2 nitrogen and oxygen atoms in total. The summed E-state index contributed by atoms with van der Waals surface area (Å²) in [7, 11) is 0. The second-order valence-corrected chi connectivity index (χ2v) is 6.76. The second kappa shape index (κ2) is 6.76. The smallest absolute Gasteiger partial charge is 0.0926 e. The van der Waals surface area contributed by atoms with E-state index in [0.717, 1.165) is 18.2 Å². The Hall–Kier alpha value is -0.0600. The van der Waals surface area contributed by atoms with Crippen LogP contribution in [-0.4, -0.2) is 22.5 Å². The summed E-state index contributed by atoms with van der Waals surface area (Å²) >= 11 is 3.82. The van der Waals surface area contributed by atoms with E-state index in [2.05, 4.69) is 28.9 Å². The molecule has 0 aliphatic heterocycles. The van der Waals surface area contributed by atoms with Crippen molar-refractivity contribution in [2.24, 2.45) is 0 Å². The maximum Gasteiger partial charge on any atom is 0.0926 e. The molecule has 1 fully saturated rings. The molecule has 0 amide bonds. The zero-order chi connectivity index (χ0) is 12.1. The van der Waals surface area contributed by atoms with Gasteiger partial charge in [-0.25, -0.2) is 4.98 Å². The molecular weight excluding hydrogens is 248 g/mol. The number of aromatic nitrogens is 1. The van der Waals surface area contributed by atoms with Crippen LogP contribution in [0.15, 0.2) is 5.38 Å². The summed E-state index contributed by atoms with van der Waals surface area (Å²) in [6, 6.07) is 0.713. The molecule has 1 N–H and O–H groups in total. The minimum absolute atomic E-state index is 0.713. The molecule has 2 rings (SSSR count). The maximum absolute atomic E-state index is 4.60. The van der Waals surface area contributed by atoms with Gasteiger partial charge in [-0.05, 0) is 38.4 Å². The Morgan fingerprint density at radius 2 is 2.18 bits per heavy atom. The van der Waals surface area contributed by atoms with Crippen molar-refractivity contribution in [3.63, 3.8) is 0 Å². The normalized spacial score (nSPS) is 25.1. The van der Waals surface area contributed by atoms with E-state index in [1.807, 2.05) is 11.8 Å². The molecule has 0 spiro atoms. The van der Waals surface area contributed by atoms with Crippen molar-refractivity contribution in [3.05, 3.63) is 16.1 Å². The quantitative estimate of drug-likeness (QED) is 0.887. The van der Waals surface area contributed by atoms with Crippen LogP contribution in [0.25, 0.3) is 0 Å². The van der Waals surface area contributed by atoms with E-state index in [1.165, 1.54) is 36.4 Å². The standard InChI is InChI=1S/C13H22N2S2/c1-3-13-15-11(9-17-13)8-14-10-4-6-12(16-2)7-5-10/h9-10,12,14H,3-8H2,1-2H3. The second-order valence-electron chi connectivity index (χ2n) is 4.68. The van der Waals surface area contributed by atoms with Crippen molar-refractivity contribution in [3.8, 4) is 0 Å². The average molecular weight is 270 g/mol. The summed E-state index contributed by atoms with van der Waals surface area (Å²) in [5, 5.41) is 8.01. The first kappa shape index (κ1) is 13.4. The summed E-state index contributed by atoms with van der Waals surface area (Å²) in [5.41, 5.74) is 1.22. The number of thioether (sulfide) groups is 1. The molecule has 1 aliphatic rings. The SMILES string of the molecule is CCc1nc(CNC2CCC(SC)CC2)cs1.